The van der Waals surface area contributed by atoms with Gasteiger partial charge in [0.2, 0.25) is 0 Å². The summed E-state index contributed by atoms with van der Waals surface area (Å²) in [5, 5.41) is 3.38. The Hall–Kier alpha value is -1.07. The van der Waals surface area contributed by atoms with E-state index in [9.17, 15) is 0 Å². The molecule has 0 saturated carbocycles. The molecule has 0 atom stereocenters. The molecule has 0 amide bonds. The molecule has 0 saturated heterocycles. The molecular formula is C16H18INO. The fourth-order valence-electron chi connectivity index (χ4n) is 1.78. The summed E-state index contributed by atoms with van der Waals surface area (Å²) in [7, 11) is 0. The smallest absolute Gasteiger partial charge is 0.119 e. The Morgan fingerprint density at radius 1 is 1.11 bits per heavy atom. The molecule has 3 heteroatoms. The van der Waals surface area contributed by atoms with Gasteiger partial charge >= 0.3 is 0 Å². The highest BCUT2D eigenvalue weighted by Crippen LogP contribution is 2.11. The third-order valence-corrected chi connectivity index (χ3v) is 3.50. The average molecular weight is 367 g/mol. The van der Waals surface area contributed by atoms with Crippen LogP contribution in [-0.2, 0) is 6.54 Å². The van der Waals surface area contributed by atoms with Crippen LogP contribution in [0.4, 0.5) is 0 Å². The maximum Gasteiger partial charge on any atom is 0.119 e. The highest BCUT2D eigenvalue weighted by Gasteiger charge is 1.95. The Balaban J connectivity index is 1.66. The topological polar surface area (TPSA) is 21.3 Å². The quantitative estimate of drug-likeness (QED) is 0.620. The van der Waals surface area contributed by atoms with Crippen molar-refractivity contribution in [2.75, 3.05) is 13.2 Å². The number of ether oxygens (including phenoxy) is 1. The minimum absolute atomic E-state index is 0.688. The molecule has 2 aromatic rings. The highest BCUT2D eigenvalue weighted by atomic mass is 127. The molecule has 0 unspecified atom stereocenters. The van der Waals surface area contributed by atoms with Gasteiger partial charge in [-0.1, -0.05) is 24.3 Å². The van der Waals surface area contributed by atoms with E-state index in [-0.39, 0.29) is 0 Å². The van der Waals surface area contributed by atoms with Crippen molar-refractivity contribution in [1.29, 1.82) is 0 Å². The molecule has 0 heterocycles. The zero-order valence-electron chi connectivity index (χ0n) is 11.0. The van der Waals surface area contributed by atoms with Crippen molar-refractivity contribution in [2.24, 2.45) is 0 Å². The Morgan fingerprint density at radius 2 is 1.89 bits per heavy atom. The Morgan fingerprint density at radius 3 is 2.63 bits per heavy atom. The molecule has 19 heavy (non-hydrogen) atoms. The maximum atomic E-state index is 5.68. The third-order valence-electron chi connectivity index (χ3n) is 2.78. The van der Waals surface area contributed by atoms with Crippen molar-refractivity contribution in [2.45, 2.75) is 13.5 Å². The van der Waals surface area contributed by atoms with E-state index in [0.717, 1.165) is 18.8 Å². The normalized spacial score (nSPS) is 10.4. The number of benzene rings is 2. The van der Waals surface area contributed by atoms with E-state index in [0.29, 0.717) is 6.61 Å². The van der Waals surface area contributed by atoms with Crippen LogP contribution in [0.3, 0.4) is 0 Å². The number of hydrogen-bond donors (Lipinski definition) is 1. The fourth-order valence-corrected chi connectivity index (χ4v) is 2.14. The fraction of sp³-hybridized carbons (Fsp3) is 0.250. The molecule has 0 aliphatic rings. The van der Waals surface area contributed by atoms with Crippen LogP contribution in [-0.4, -0.2) is 13.2 Å². The summed E-state index contributed by atoms with van der Waals surface area (Å²) in [5.74, 6) is 0.941. The molecule has 2 aromatic carbocycles. The zero-order valence-corrected chi connectivity index (χ0v) is 13.2. The number of hydrogen-bond acceptors (Lipinski definition) is 2. The van der Waals surface area contributed by atoms with Crippen LogP contribution in [0.25, 0.3) is 0 Å². The summed E-state index contributed by atoms with van der Waals surface area (Å²) in [6.45, 7) is 4.49. The van der Waals surface area contributed by atoms with E-state index in [1.807, 2.05) is 12.1 Å². The molecule has 0 fully saturated rings. The molecule has 2 nitrogen and oxygen atoms in total. The summed E-state index contributed by atoms with van der Waals surface area (Å²) < 4.78 is 6.95. The van der Waals surface area contributed by atoms with Gasteiger partial charge in [-0.2, -0.15) is 0 Å². The molecule has 2 rings (SSSR count). The first kappa shape index (κ1) is 14.3. The summed E-state index contributed by atoms with van der Waals surface area (Å²) in [6, 6.07) is 16.7. The van der Waals surface area contributed by atoms with Crippen LogP contribution in [0, 0.1) is 10.5 Å². The van der Waals surface area contributed by atoms with Crippen LogP contribution in [0.1, 0.15) is 11.1 Å². The second-order valence-electron chi connectivity index (χ2n) is 4.47. The molecule has 0 aromatic heterocycles. The predicted molar refractivity (Wildman–Crippen MR) is 87.5 cm³/mol. The van der Waals surface area contributed by atoms with Crippen molar-refractivity contribution in [3.05, 3.63) is 63.2 Å². The van der Waals surface area contributed by atoms with Crippen molar-refractivity contribution >= 4 is 22.6 Å². The standard InChI is InChI=1S/C16H18INO/c1-13-3-2-4-16(11-13)19-10-9-18-12-14-5-7-15(17)8-6-14/h2-8,11,18H,9-10,12H2,1H3. The van der Waals surface area contributed by atoms with Crippen LogP contribution in [0.2, 0.25) is 0 Å². The lowest BCUT2D eigenvalue weighted by Gasteiger charge is -2.08. The maximum absolute atomic E-state index is 5.68. The first-order valence-electron chi connectivity index (χ1n) is 6.39. The van der Waals surface area contributed by atoms with Crippen LogP contribution in [0.5, 0.6) is 5.75 Å². The second kappa shape index (κ2) is 7.50. The molecule has 1 N–H and O–H groups in total. The Labute approximate surface area is 128 Å². The predicted octanol–water partition coefficient (Wildman–Crippen LogP) is 3.77. The lowest BCUT2D eigenvalue weighted by Crippen LogP contribution is -2.20. The van der Waals surface area contributed by atoms with Crippen LogP contribution in [0.15, 0.2) is 48.5 Å². The van der Waals surface area contributed by atoms with Gasteiger partial charge in [0.15, 0.2) is 0 Å². The minimum atomic E-state index is 0.688. The van der Waals surface area contributed by atoms with E-state index >= 15 is 0 Å². The summed E-state index contributed by atoms with van der Waals surface area (Å²) in [6.07, 6.45) is 0. The number of rotatable bonds is 6. The molecule has 0 bridgehead atoms. The summed E-state index contributed by atoms with van der Waals surface area (Å²) >= 11 is 2.32. The number of aryl methyl sites for hydroxylation is 1. The van der Waals surface area contributed by atoms with Gasteiger partial charge in [0, 0.05) is 16.7 Å². The van der Waals surface area contributed by atoms with Crippen molar-refractivity contribution in [3.8, 4) is 5.75 Å². The van der Waals surface area contributed by atoms with E-state index in [1.54, 1.807) is 0 Å². The second-order valence-corrected chi connectivity index (χ2v) is 5.71. The molecule has 0 aliphatic carbocycles. The molecule has 0 spiro atoms. The largest absolute Gasteiger partial charge is 0.492 e. The van der Waals surface area contributed by atoms with Gasteiger partial charge in [0.1, 0.15) is 12.4 Å². The number of nitrogens with one attached hydrogen (secondary N) is 1. The van der Waals surface area contributed by atoms with E-state index in [4.69, 9.17) is 4.74 Å². The lowest BCUT2D eigenvalue weighted by molar-refractivity contribution is 0.313. The summed E-state index contributed by atoms with van der Waals surface area (Å²) in [5.41, 5.74) is 2.53. The van der Waals surface area contributed by atoms with Crippen molar-refractivity contribution in [3.63, 3.8) is 0 Å². The van der Waals surface area contributed by atoms with Gasteiger partial charge in [-0.3, -0.25) is 0 Å². The van der Waals surface area contributed by atoms with Gasteiger partial charge in [0.25, 0.3) is 0 Å². The van der Waals surface area contributed by atoms with Gasteiger partial charge < -0.3 is 10.1 Å². The first-order chi connectivity index (χ1) is 9.24. The molecular weight excluding hydrogens is 349 g/mol. The Bertz CT molecular complexity index is 510. The zero-order chi connectivity index (χ0) is 13.5. The SMILES string of the molecule is Cc1cccc(OCCNCc2ccc(I)cc2)c1. The van der Waals surface area contributed by atoms with Gasteiger partial charge in [-0.15, -0.1) is 0 Å². The average Bonchev–Trinajstić information content (AvgIpc) is 2.41. The van der Waals surface area contributed by atoms with Gasteiger partial charge in [-0.05, 0) is 64.9 Å². The molecule has 100 valence electrons. The van der Waals surface area contributed by atoms with E-state index < -0.39 is 0 Å². The molecule has 0 radical (unpaired) electrons. The monoisotopic (exact) mass is 367 g/mol. The minimum Gasteiger partial charge on any atom is -0.492 e. The third kappa shape index (κ3) is 5.20. The molecule has 0 aliphatic heterocycles. The lowest BCUT2D eigenvalue weighted by atomic mass is 10.2. The van der Waals surface area contributed by atoms with Gasteiger partial charge in [0.05, 0.1) is 0 Å². The van der Waals surface area contributed by atoms with Crippen molar-refractivity contribution < 1.29 is 4.74 Å². The van der Waals surface area contributed by atoms with Crippen LogP contribution >= 0.6 is 22.6 Å². The summed E-state index contributed by atoms with van der Waals surface area (Å²) in [4.78, 5) is 0. The first-order valence-corrected chi connectivity index (χ1v) is 7.46. The Kier molecular flexibility index (Phi) is 5.66. The number of halogens is 1. The van der Waals surface area contributed by atoms with Crippen molar-refractivity contribution in [1.82, 2.24) is 5.32 Å². The van der Waals surface area contributed by atoms with Crippen LogP contribution < -0.4 is 10.1 Å². The highest BCUT2D eigenvalue weighted by molar-refractivity contribution is 14.1. The van der Waals surface area contributed by atoms with E-state index in [2.05, 4.69) is 71.2 Å². The van der Waals surface area contributed by atoms with E-state index in [1.165, 1.54) is 14.7 Å². The van der Waals surface area contributed by atoms with Gasteiger partial charge in [-0.25, -0.2) is 0 Å².